The third kappa shape index (κ3) is 3.30. The van der Waals surface area contributed by atoms with E-state index in [1.807, 2.05) is 18.5 Å². The summed E-state index contributed by atoms with van der Waals surface area (Å²) in [7, 11) is 0. The van der Waals surface area contributed by atoms with E-state index in [4.69, 9.17) is 0 Å². The van der Waals surface area contributed by atoms with Crippen molar-refractivity contribution >= 4 is 11.7 Å². The fraction of sp³-hybridized carbons (Fsp3) is 0.462. The highest BCUT2D eigenvalue weighted by molar-refractivity contribution is 5.75. The minimum atomic E-state index is -0.553. The number of nitrogens with zero attached hydrogens (tertiary/aromatic N) is 5. The highest BCUT2D eigenvalue weighted by Gasteiger charge is 2.19. The molecule has 2 heterocycles. The summed E-state index contributed by atoms with van der Waals surface area (Å²) < 4.78 is 2.93. The molecule has 0 spiro atoms. The molecule has 0 atom stereocenters. The van der Waals surface area contributed by atoms with Crippen molar-refractivity contribution in [3.05, 3.63) is 39.3 Å². The van der Waals surface area contributed by atoms with E-state index < -0.39 is 4.92 Å². The number of aryl methyl sites for hydroxylation is 2. The van der Waals surface area contributed by atoms with Crippen LogP contribution in [0.3, 0.4) is 0 Å². The van der Waals surface area contributed by atoms with Crippen LogP contribution in [0, 0.1) is 24.0 Å². The van der Waals surface area contributed by atoms with E-state index in [0.29, 0.717) is 12.2 Å². The summed E-state index contributed by atoms with van der Waals surface area (Å²) in [5, 5.41) is 21.8. The van der Waals surface area contributed by atoms with E-state index in [2.05, 4.69) is 15.5 Å². The van der Waals surface area contributed by atoms with Crippen LogP contribution in [0.15, 0.2) is 12.3 Å². The standard InChI is InChI=1S/C13H18N6O3/c1-4-17-10(3)11(7-15-17)6-14-12(20)8-18-13(19(21)22)5-9(2)16-18/h5,7H,4,6,8H2,1-3H3,(H,14,20). The van der Waals surface area contributed by atoms with Crippen LogP contribution < -0.4 is 5.32 Å². The van der Waals surface area contributed by atoms with E-state index in [0.717, 1.165) is 22.5 Å². The van der Waals surface area contributed by atoms with Crippen molar-refractivity contribution in [3.8, 4) is 0 Å². The van der Waals surface area contributed by atoms with Crippen LogP contribution >= 0.6 is 0 Å². The number of nitrogens with one attached hydrogen (secondary N) is 1. The lowest BCUT2D eigenvalue weighted by atomic mass is 10.2. The van der Waals surface area contributed by atoms with Gasteiger partial charge in [0.1, 0.15) is 0 Å². The SMILES string of the molecule is CCn1ncc(CNC(=O)Cn2nc(C)cc2[N+](=O)[O-])c1C. The van der Waals surface area contributed by atoms with E-state index in [-0.39, 0.29) is 18.3 Å². The number of rotatable bonds is 6. The quantitative estimate of drug-likeness (QED) is 0.631. The molecule has 2 aromatic rings. The highest BCUT2D eigenvalue weighted by atomic mass is 16.6. The van der Waals surface area contributed by atoms with Gasteiger partial charge in [0, 0.05) is 24.3 Å². The molecule has 0 aromatic carbocycles. The van der Waals surface area contributed by atoms with Gasteiger partial charge in [0.05, 0.1) is 18.0 Å². The van der Waals surface area contributed by atoms with Crippen molar-refractivity contribution in [2.45, 2.75) is 40.4 Å². The Balaban J connectivity index is 1.99. The normalized spacial score (nSPS) is 10.7. The predicted molar refractivity (Wildman–Crippen MR) is 78.1 cm³/mol. The van der Waals surface area contributed by atoms with E-state index in [1.165, 1.54) is 6.07 Å². The molecule has 0 saturated carbocycles. The minimum Gasteiger partial charge on any atom is -0.358 e. The summed E-state index contributed by atoms with van der Waals surface area (Å²) in [5.74, 6) is -0.530. The maximum absolute atomic E-state index is 11.9. The van der Waals surface area contributed by atoms with Gasteiger partial charge in [-0.05, 0) is 25.7 Å². The van der Waals surface area contributed by atoms with E-state index >= 15 is 0 Å². The number of nitro groups is 1. The lowest BCUT2D eigenvalue weighted by Crippen LogP contribution is -2.28. The fourth-order valence-corrected chi connectivity index (χ4v) is 2.16. The lowest BCUT2D eigenvalue weighted by molar-refractivity contribution is -0.392. The van der Waals surface area contributed by atoms with Crippen LogP contribution in [0.5, 0.6) is 0 Å². The summed E-state index contributed by atoms with van der Waals surface area (Å²) in [6.45, 7) is 6.47. The Morgan fingerprint density at radius 3 is 2.73 bits per heavy atom. The zero-order valence-electron chi connectivity index (χ0n) is 12.7. The number of carbonyl (C=O) groups excluding carboxylic acids is 1. The maximum Gasteiger partial charge on any atom is 0.345 e. The van der Waals surface area contributed by atoms with Gasteiger partial charge < -0.3 is 15.4 Å². The molecular weight excluding hydrogens is 288 g/mol. The van der Waals surface area contributed by atoms with Gasteiger partial charge >= 0.3 is 5.82 Å². The molecule has 0 aliphatic heterocycles. The van der Waals surface area contributed by atoms with Gasteiger partial charge in [-0.2, -0.15) is 5.10 Å². The molecule has 22 heavy (non-hydrogen) atoms. The van der Waals surface area contributed by atoms with Gasteiger partial charge in [0.2, 0.25) is 0 Å². The Kier molecular flexibility index (Phi) is 4.54. The molecule has 0 aliphatic rings. The summed E-state index contributed by atoms with van der Waals surface area (Å²) in [6, 6.07) is 1.34. The lowest BCUT2D eigenvalue weighted by Gasteiger charge is -2.04. The maximum atomic E-state index is 11.9. The summed E-state index contributed by atoms with van der Waals surface area (Å²) in [6.07, 6.45) is 1.71. The topological polar surface area (TPSA) is 108 Å². The van der Waals surface area contributed by atoms with Crippen molar-refractivity contribution in [3.63, 3.8) is 0 Å². The van der Waals surface area contributed by atoms with Crippen LogP contribution in [0.2, 0.25) is 0 Å². The minimum absolute atomic E-state index is 0.189. The smallest absolute Gasteiger partial charge is 0.345 e. The molecule has 9 heteroatoms. The summed E-state index contributed by atoms with van der Waals surface area (Å²) >= 11 is 0. The molecule has 0 saturated heterocycles. The van der Waals surface area contributed by atoms with Gasteiger partial charge in [-0.15, -0.1) is 4.68 Å². The van der Waals surface area contributed by atoms with Crippen molar-refractivity contribution in [2.24, 2.45) is 0 Å². The zero-order valence-corrected chi connectivity index (χ0v) is 12.7. The molecule has 1 amide bonds. The first-order chi connectivity index (χ1) is 10.4. The zero-order chi connectivity index (χ0) is 16.3. The number of hydrogen-bond donors (Lipinski definition) is 1. The van der Waals surface area contributed by atoms with Crippen LogP contribution in [-0.2, 0) is 24.4 Å². The predicted octanol–water partition coefficient (Wildman–Crippen LogP) is 0.941. The molecule has 0 fully saturated rings. The Labute approximate surface area is 127 Å². The number of amides is 1. The average molecular weight is 306 g/mol. The Hall–Kier alpha value is -2.71. The molecule has 0 bridgehead atoms. The first-order valence-corrected chi connectivity index (χ1v) is 6.89. The Morgan fingerprint density at radius 1 is 1.41 bits per heavy atom. The second-order valence-corrected chi connectivity index (χ2v) is 4.91. The van der Waals surface area contributed by atoms with Crippen molar-refractivity contribution in [2.75, 3.05) is 0 Å². The van der Waals surface area contributed by atoms with Gasteiger partial charge in [-0.25, -0.2) is 0 Å². The van der Waals surface area contributed by atoms with Gasteiger partial charge in [0.15, 0.2) is 6.54 Å². The molecule has 1 N–H and O–H groups in total. The van der Waals surface area contributed by atoms with Crippen LogP contribution in [-0.4, -0.2) is 30.4 Å². The number of hydrogen-bond acceptors (Lipinski definition) is 5. The van der Waals surface area contributed by atoms with Crippen molar-refractivity contribution in [1.82, 2.24) is 24.9 Å². The molecule has 118 valence electrons. The Bertz CT molecular complexity index is 703. The first-order valence-electron chi connectivity index (χ1n) is 6.89. The number of aromatic nitrogens is 4. The second-order valence-electron chi connectivity index (χ2n) is 4.91. The molecule has 2 rings (SSSR count). The second kappa shape index (κ2) is 6.37. The summed E-state index contributed by atoms with van der Waals surface area (Å²) in [4.78, 5) is 22.3. The molecule has 2 aromatic heterocycles. The highest BCUT2D eigenvalue weighted by Crippen LogP contribution is 2.12. The molecular formula is C13H18N6O3. The molecule has 0 radical (unpaired) electrons. The van der Waals surface area contributed by atoms with Crippen LogP contribution in [0.4, 0.5) is 5.82 Å². The van der Waals surface area contributed by atoms with Gasteiger partial charge in [-0.3, -0.25) is 9.48 Å². The Morgan fingerprint density at radius 2 is 2.14 bits per heavy atom. The van der Waals surface area contributed by atoms with E-state index in [1.54, 1.807) is 13.1 Å². The van der Waals surface area contributed by atoms with E-state index in [9.17, 15) is 14.9 Å². The monoisotopic (exact) mass is 306 g/mol. The molecule has 0 unspecified atom stereocenters. The summed E-state index contributed by atoms with van der Waals surface area (Å²) in [5.41, 5.74) is 2.41. The van der Waals surface area contributed by atoms with Gasteiger partial charge in [0.25, 0.3) is 5.91 Å². The van der Waals surface area contributed by atoms with Crippen molar-refractivity contribution < 1.29 is 9.72 Å². The van der Waals surface area contributed by atoms with Gasteiger partial charge in [-0.1, -0.05) is 5.10 Å². The average Bonchev–Trinajstić information content (AvgIpc) is 2.99. The molecule has 9 nitrogen and oxygen atoms in total. The molecule has 0 aliphatic carbocycles. The van der Waals surface area contributed by atoms with Crippen LogP contribution in [0.1, 0.15) is 23.9 Å². The first kappa shape index (κ1) is 15.7. The third-order valence-corrected chi connectivity index (χ3v) is 3.34. The third-order valence-electron chi connectivity index (χ3n) is 3.34. The van der Waals surface area contributed by atoms with Crippen LogP contribution in [0.25, 0.3) is 0 Å². The fourth-order valence-electron chi connectivity index (χ4n) is 2.16. The largest absolute Gasteiger partial charge is 0.358 e. The van der Waals surface area contributed by atoms with Crippen molar-refractivity contribution in [1.29, 1.82) is 0 Å². The number of carbonyl (C=O) groups is 1.